The van der Waals surface area contributed by atoms with Gasteiger partial charge >= 0.3 is 0 Å². The summed E-state index contributed by atoms with van der Waals surface area (Å²) in [7, 11) is 0. The largest absolute Gasteiger partial charge is 0.389 e. The first-order chi connectivity index (χ1) is 9.70. The highest BCUT2D eigenvalue weighted by Gasteiger charge is 2.39. The van der Waals surface area contributed by atoms with E-state index in [1.807, 2.05) is 0 Å². The predicted octanol–water partition coefficient (Wildman–Crippen LogP) is 2.53. The highest BCUT2D eigenvalue weighted by Crippen LogP contribution is 2.48. The van der Waals surface area contributed by atoms with Crippen LogP contribution in [0, 0.1) is 23.7 Å². The maximum Gasteiger partial charge on any atom is 0.0900 e. The molecule has 0 spiro atoms. The molecule has 0 aromatic rings. The number of hydrogen-bond acceptors (Lipinski definition) is 3. The lowest BCUT2D eigenvalue weighted by molar-refractivity contribution is -0.00595. The molecule has 0 radical (unpaired) electrons. The summed E-state index contributed by atoms with van der Waals surface area (Å²) in [6, 6.07) is 0. The highest BCUT2D eigenvalue weighted by molar-refractivity contribution is 4.89. The molecule has 0 aromatic heterocycles. The molecule has 0 unspecified atom stereocenters. The Morgan fingerprint density at radius 2 is 1.95 bits per heavy atom. The standard InChI is InChI=1S/C17H31NO2/c1-13-4-6-18(7-5-13)10-17(19)12-20-11-16-9-14-2-3-15(16)8-14/h13-17,19H,2-12H2,1H3/t14-,15-,16+,17+/m1/s1. The fourth-order valence-electron chi connectivity index (χ4n) is 4.53. The summed E-state index contributed by atoms with van der Waals surface area (Å²) >= 11 is 0. The van der Waals surface area contributed by atoms with Crippen molar-refractivity contribution in [1.82, 2.24) is 4.90 Å². The third kappa shape index (κ3) is 3.75. The minimum atomic E-state index is -0.304. The van der Waals surface area contributed by atoms with Crippen LogP contribution in [0.2, 0.25) is 0 Å². The van der Waals surface area contributed by atoms with E-state index < -0.39 is 0 Å². The molecule has 3 nitrogen and oxygen atoms in total. The second-order valence-corrected chi connectivity index (χ2v) is 7.61. The number of ether oxygens (including phenoxy) is 1. The molecule has 116 valence electrons. The van der Waals surface area contributed by atoms with E-state index in [4.69, 9.17) is 4.74 Å². The highest BCUT2D eigenvalue weighted by atomic mass is 16.5. The molecule has 2 saturated carbocycles. The molecule has 1 saturated heterocycles. The van der Waals surface area contributed by atoms with E-state index in [9.17, 15) is 5.11 Å². The first kappa shape index (κ1) is 14.8. The van der Waals surface area contributed by atoms with Crippen LogP contribution >= 0.6 is 0 Å². The van der Waals surface area contributed by atoms with Crippen molar-refractivity contribution in [1.29, 1.82) is 0 Å². The molecule has 1 aliphatic heterocycles. The molecule has 2 aliphatic carbocycles. The minimum absolute atomic E-state index is 0.304. The summed E-state index contributed by atoms with van der Waals surface area (Å²) in [6.45, 7) is 6.82. The van der Waals surface area contributed by atoms with Crippen LogP contribution in [0.4, 0.5) is 0 Å². The van der Waals surface area contributed by atoms with Gasteiger partial charge in [-0.1, -0.05) is 13.3 Å². The van der Waals surface area contributed by atoms with Crippen LogP contribution < -0.4 is 0 Å². The maximum absolute atomic E-state index is 10.1. The Kier molecular flexibility index (Phi) is 5.00. The molecular formula is C17H31NO2. The van der Waals surface area contributed by atoms with Gasteiger partial charge in [0.15, 0.2) is 0 Å². The van der Waals surface area contributed by atoms with Crippen molar-refractivity contribution >= 4 is 0 Å². The first-order valence-electron chi connectivity index (χ1n) is 8.69. The monoisotopic (exact) mass is 281 g/mol. The van der Waals surface area contributed by atoms with Crippen molar-refractivity contribution in [2.75, 3.05) is 32.8 Å². The minimum Gasteiger partial charge on any atom is -0.389 e. The van der Waals surface area contributed by atoms with Crippen molar-refractivity contribution in [3.8, 4) is 0 Å². The summed E-state index contributed by atoms with van der Waals surface area (Å²) in [5.41, 5.74) is 0. The Hall–Kier alpha value is -0.120. The number of likely N-dealkylation sites (tertiary alicyclic amines) is 1. The summed E-state index contributed by atoms with van der Waals surface area (Å²) in [6.07, 6.45) is 7.96. The van der Waals surface area contributed by atoms with Gasteiger partial charge in [-0.05, 0) is 68.9 Å². The second kappa shape index (κ2) is 6.76. The number of aliphatic hydroxyl groups is 1. The normalized spacial score (nSPS) is 36.6. The second-order valence-electron chi connectivity index (χ2n) is 7.61. The molecule has 1 heterocycles. The zero-order valence-corrected chi connectivity index (χ0v) is 13.0. The van der Waals surface area contributed by atoms with Crippen LogP contribution in [0.1, 0.15) is 45.4 Å². The molecule has 3 rings (SSSR count). The third-order valence-corrected chi connectivity index (χ3v) is 5.87. The zero-order valence-electron chi connectivity index (χ0n) is 13.0. The van der Waals surface area contributed by atoms with Crippen molar-refractivity contribution in [2.45, 2.75) is 51.6 Å². The number of piperidine rings is 1. The maximum atomic E-state index is 10.1. The molecule has 2 bridgehead atoms. The summed E-state index contributed by atoms with van der Waals surface area (Å²) in [5.74, 6) is 3.57. The molecule has 3 fully saturated rings. The average Bonchev–Trinajstić information content (AvgIpc) is 3.04. The van der Waals surface area contributed by atoms with Crippen molar-refractivity contribution < 1.29 is 9.84 Å². The Balaban J connectivity index is 1.28. The molecule has 3 aliphatic rings. The van der Waals surface area contributed by atoms with Gasteiger partial charge in [0.1, 0.15) is 0 Å². The van der Waals surface area contributed by atoms with Gasteiger partial charge in [-0.15, -0.1) is 0 Å². The van der Waals surface area contributed by atoms with Crippen molar-refractivity contribution in [2.24, 2.45) is 23.7 Å². The topological polar surface area (TPSA) is 32.7 Å². The molecule has 0 aromatic carbocycles. The van der Waals surface area contributed by atoms with Crippen LogP contribution in [-0.4, -0.2) is 49.0 Å². The Morgan fingerprint density at radius 3 is 2.60 bits per heavy atom. The van der Waals surface area contributed by atoms with Gasteiger partial charge in [-0.2, -0.15) is 0 Å². The first-order valence-corrected chi connectivity index (χ1v) is 8.69. The quantitative estimate of drug-likeness (QED) is 0.812. The lowest BCUT2D eigenvalue weighted by Gasteiger charge is -2.31. The zero-order chi connectivity index (χ0) is 13.9. The lowest BCUT2D eigenvalue weighted by atomic mass is 9.90. The number of nitrogens with zero attached hydrogens (tertiary/aromatic N) is 1. The van der Waals surface area contributed by atoms with Gasteiger partial charge in [0.2, 0.25) is 0 Å². The molecular weight excluding hydrogens is 250 g/mol. The average molecular weight is 281 g/mol. The van der Waals surface area contributed by atoms with Crippen molar-refractivity contribution in [3.05, 3.63) is 0 Å². The molecule has 20 heavy (non-hydrogen) atoms. The van der Waals surface area contributed by atoms with Crippen molar-refractivity contribution in [3.63, 3.8) is 0 Å². The van der Waals surface area contributed by atoms with Gasteiger partial charge in [0.25, 0.3) is 0 Å². The van der Waals surface area contributed by atoms with Crippen LogP contribution in [0.15, 0.2) is 0 Å². The molecule has 0 amide bonds. The smallest absolute Gasteiger partial charge is 0.0900 e. The fraction of sp³-hybridized carbons (Fsp3) is 1.00. The van der Waals surface area contributed by atoms with Gasteiger partial charge < -0.3 is 14.7 Å². The Morgan fingerprint density at radius 1 is 1.15 bits per heavy atom. The number of fused-ring (bicyclic) bond motifs is 2. The summed E-state index contributed by atoms with van der Waals surface area (Å²) in [5, 5.41) is 10.1. The fourth-order valence-corrected chi connectivity index (χ4v) is 4.53. The number of β-amino-alcohol motifs (C(OH)–C–C–N with tert-alkyl or cyclic N) is 1. The predicted molar refractivity (Wildman–Crippen MR) is 80.6 cm³/mol. The Bertz CT molecular complexity index is 301. The van der Waals surface area contributed by atoms with Crippen LogP contribution in [-0.2, 0) is 4.74 Å². The molecule has 3 heteroatoms. The van der Waals surface area contributed by atoms with Crippen LogP contribution in [0.3, 0.4) is 0 Å². The SMILES string of the molecule is CC1CCN(C[C@H](O)COC[C@@H]2C[C@@H]3CC[C@@H]2C3)CC1. The van der Waals surface area contributed by atoms with E-state index in [0.717, 1.165) is 49.9 Å². The van der Waals surface area contributed by atoms with Gasteiger partial charge in [-0.25, -0.2) is 0 Å². The van der Waals surface area contributed by atoms with E-state index in [2.05, 4.69) is 11.8 Å². The van der Waals surface area contributed by atoms with Crippen LogP contribution in [0.25, 0.3) is 0 Å². The van der Waals surface area contributed by atoms with E-state index in [1.54, 1.807) is 0 Å². The lowest BCUT2D eigenvalue weighted by Crippen LogP contribution is -2.40. The summed E-state index contributed by atoms with van der Waals surface area (Å²) < 4.78 is 5.82. The molecule has 1 N–H and O–H groups in total. The van der Waals surface area contributed by atoms with Gasteiger partial charge in [0, 0.05) is 13.2 Å². The summed E-state index contributed by atoms with van der Waals surface area (Å²) in [4.78, 5) is 2.39. The number of rotatable bonds is 6. The van der Waals surface area contributed by atoms with E-state index in [0.29, 0.717) is 6.61 Å². The van der Waals surface area contributed by atoms with Crippen LogP contribution in [0.5, 0.6) is 0 Å². The third-order valence-electron chi connectivity index (χ3n) is 5.87. The van der Waals surface area contributed by atoms with Gasteiger partial charge in [0.05, 0.1) is 12.7 Å². The van der Waals surface area contributed by atoms with E-state index in [-0.39, 0.29) is 6.10 Å². The Labute approximate surface area is 123 Å². The molecule has 4 atom stereocenters. The number of aliphatic hydroxyl groups excluding tert-OH is 1. The van der Waals surface area contributed by atoms with E-state index >= 15 is 0 Å². The van der Waals surface area contributed by atoms with E-state index in [1.165, 1.54) is 38.5 Å². The van der Waals surface area contributed by atoms with Gasteiger partial charge in [-0.3, -0.25) is 0 Å². The number of hydrogen-bond donors (Lipinski definition) is 1.